The molecule has 1 aliphatic rings. The fraction of sp³-hybridized carbons (Fsp3) is 0.550. The van der Waals surface area contributed by atoms with E-state index >= 15 is 0 Å². The number of carboxylic acids is 1. The number of urea groups is 1. The summed E-state index contributed by atoms with van der Waals surface area (Å²) in [6.07, 6.45) is 2.21. The lowest BCUT2D eigenvalue weighted by Crippen LogP contribution is -2.49. The normalized spacial score (nSPS) is 15.9. The Labute approximate surface area is 160 Å². The number of carbonyl (C=O) groups is 3. The molecule has 2 N–H and O–H groups in total. The van der Waals surface area contributed by atoms with E-state index < -0.39 is 12.0 Å². The molecule has 1 unspecified atom stereocenters. The van der Waals surface area contributed by atoms with Crippen LogP contribution in [0.4, 0.5) is 4.79 Å². The number of hydrogen-bond donors (Lipinski definition) is 2. The number of piperidine rings is 1. The van der Waals surface area contributed by atoms with Crippen LogP contribution >= 0.6 is 0 Å². The first-order valence-corrected chi connectivity index (χ1v) is 9.49. The minimum Gasteiger partial charge on any atom is -0.480 e. The molecule has 7 nitrogen and oxygen atoms in total. The van der Waals surface area contributed by atoms with Gasteiger partial charge in [-0.25, -0.2) is 9.59 Å². The van der Waals surface area contributed by atoms with Crippen LogP contribution in [0, 0.1) is 5.92 Å². The van der Waals surface area contributed by atoms with Crippen LogP contribution in [0.5, 0.6) is 0 Å². The van der Waals surface area contributed by atoms with Gasteiger partial charge in [-0.1, -0.05) is 43.7 Å². The van der Waals surface area contributed by atoms with E-state index in [2.05, 4.69) is 5.32 Å². The van der Waals surface area contributed by atoms with E-state index in [4.69, 9.17) is 0 Å². The summed E-state index contributed by atoms with van der Waals surface area (Å²) in [4.78, 5) is 39.6. The second-order valence-electron chi connectivity index (χ2n) is 7.07. The van der Waals surface area contributed by atoms with Crippen molar-refractivity contribution in [2.24, 2.45) is 5.92 Å². The van der Waals surface area contributed by atoms with Gasteiger partial charge in [0.25, 0.3) is 0 Å². The van der Waals surface area contributed by atoms with Crippen LogP contribution < -0.4 is 5.32 Å². The van der Waals surface area contributed by atoms with E-state index in [0.717, 1.165) is 5.56 Å². The van der Waals surface area contributed by atoms with Crippen LogP contribution in [0.25, 0.3) is 0 Å². The van der Waals surface area contributed by atoms with E-state index in [1.54, 1.807) is 16.8 Å². The van der Waals surface area contributed by atoms with Gasteiger partial charge in [-0.2, -0.15) is 0 Å². The Hall–Kier alpha value is -2.57. The molecule has 0 spiro atoms. The lowest BCUT2D eigenvalue weighted by molar-refractivity contribution is -0.142. The lowest BCUT2D eigenvalue weighted by atomic mass is 9.95. The monoisotopic (exact) mass is 375 g/mol. The highest BCUT2D eigenvalue weighted by molar-refractivity contribution is 5.85. The summed E-state index contributed by atoms with van der Waals surface area (Å²) in [7, 11) is 1.77. The van der Waals surface area contributed by atoms with Gasteiger partial charge >= 0.3 is 12.0 Å². The maximum absolute atomic E-state index is 12.6. The molecular formula is C20H29N3O4. The van der Waals surface area contributed by atoms with Gasteiger partial charge in [-0.3, -0.25) is 4.79 Å². The number of carbonyl (C=O) groups excluding carboxylic acids is 2. The van der Waals surface area contributed by atoms with Gasteiger partial charge in [-0.05, 0) is 24.8 Å². The van der Waals surface area contributed by atoms with Gasteiger partial charge in [0.15, 0.2) is 0 Å². The molecule has 1 aliphatic heterocycles. The summed E-state index contributed by atoms with van der Waals surface area (Å²) in [6, 6.07) is 8.91. The first kappa shape index (κ1) is 20.7. The van der Waals surface area contributed by atoms with Gasteiger partial charge in [0.1, 0.15) is 6.04 Å². The minimum absolute atomic E-state index is 0.0490. The molecule has 1 aromatic rings. The fourth-order valence-corrected chi connectivity index (χ4v) is 3.33. The standard InChI is InChI=1S/C20H29N3O4/c1-3-7-17(19(25)26)21-18(24)16-10-12-23(13-11-16)20(27)22(2)14-15-8-5-4-6-9-15/h4-6,8-9,16-17H,3,7,10-14H2,1-2H3,(H,21,24)(H,25,26). The molecule has 1 saturated heterocycles. The lowest BCUT2D eigenvalue weighted by Gasteiger charge is -2.34. The Balaban J connectivity index is 1.82. The van der Waals surface area contributed by atoms with Crippen LogP contribution in [-0.2, 0) is 16.1 Å². The van der Waals surface area contributed by atoms with Crippen LogP contribution in [0.15, 0.2) is 30.3 Å². The number of likely N-dealkylation sites (tertiary alicyclic amines) is 1. The number of rotatable bonds is 7. The van der Waals surface area contributed by atoms with E-state index in [0.29, 0.717) is 45.3 Å². The quantitative estimate of drug-likeness (QED) is 0.765. The number of amides is 3. The molecule has 0 radical (unpaired) electrons. The number of aliphatic carboxylic acids is 1. The van der Waals surface area contributed by atoms with Gasteiger partial charge < -0.3 is 20.2 Å². The Morgan fingerprint density at radius 2 is 1.85 bits per heavy atom. The highest BCUT2D eigenvalue weighted by atomic mass is 16.4. The minimum atomic E-state index is -1.000. The SMILES string of the molecule is CCCC(NC(=O)C1CCN(C(=O)N(C)Cc2ccccc2)CC1)C(=O)O. The summed E-state index contributed by atoms with van der Waals surface area (Å²) in [5.41, 5.74) is 1.07. The third kappa shape index (κ3) is 5.98. The van der Waals surface area contributed by atoms with Crippen molar-refractivity contribution >= 4 is 17.9 Å². The molecule has 0 saturated carbocycles. The second kappa shape index (κ2) is 9.94. The smallest absolute Gasteiger partial charge is 0.326 e. The maximum Gasteiger partial charge on any atom is 0.326 e. The zero-order valence-corrected chi connectivity index (χ0v) is 16.1. The number of nitrogens with zero attached hydrogens (tertiary/aromatic N) is 2. The first-order chi connectivity index (χ1) is 12.9. The van der Waals surface area contributed by atoms with Gasteiger partial charge in [-0.15, -0.1) is 0 Å². The molecule has 0 bridgehead atoms. The van der Waals surface area contributed by atoms with Crippen LogP contribution in [0.2, 0.25) is 0 Å². The molecule has 7 heteroatoms. The predicted molar refractivity (Wildman–Crippen MR) is 102 cm³/mol. The van der Waals surface area contributed by atoms with Gasteiger partial charge in [0, 0.05) is 32.6 Å². The zero-order valence-electron chi connectivity index (χ0n) is 16.1. The fourth-order valence-electron chi connectivity index (χ4n) is 3.33. The van der Waals surface area contributed by atoms with Crippen molar-refractivity contribution in [3.05, 3.63) is 35.9 Å². The predicted octanol–water partition coefficient (Wildman–Crippen LogP) is 2.32. The highest BCUT2D eigenvalue weighted by Crippen LogP contribution is 2.19. The van der Waals surface area contributed by atoms with Crippen molar-refractivity contribution in [3.8, 4) is 0 Å². The number of benzene rings is 1. The topological polar surface area (TPSA) is 90.0 Å². The van der Waals surface area contributed by atoms with Crippen LogP contribution in [0.1, 0.15) is 38.2 Å². The molecule has 0 aromatic heterocycles. The third-order valence-corrected chi connectivity index (χ3v) is 4.92. The first-order valence-electron chi connectivity index (χ1n) is 9.49. The summed E-state index contributed by atoms with van der Waals surface area (Å²) >= 11 is 0. The van der Waals surface area contributed by atoms with Crippen molar-refractivity contribution in [2.45, 2.75) is 45.2 Å². The van der Waals surface area contributed by atoms with E-state index in [1.807, 2.05) is 37.3 Å². The number of hydrogen-bond acceptors (Lipinski definition) is 3. The molecule has 1 heterocycles. The van der Waals surface area contributed by atoms with Crippen LogP contribution in [0.3, 0.4) is 0 Å². The second-order valence-corrected chi connectivity index (χ2v) is 7.07. The Morgan fingerprint density at radius 1 is 1.22 bits per heavy atom. The summed E-state index contributed by atoms with van der Waals surface area (Å²) in [6.45, 7) is 3.43. The van der Waals surface area contributed by atoms with Crippen molar-refractivity contribution < 1.29 is 19.5 Å². The molecule has 27 heavy (non-hydrogen) atoms. The Bertz CT molecular complexity index is 642. The Morgan fingerprint density at radius 3 is 2.41 bits per heavy atom. The molecule has 2 rings (SSSR count). The van der Waals surface area contributed by atoms with Crippen molar-refractivity contribution in [1.82, 2.24) is 15.1 Å². The average Bonchev–Trinajstić information content (AvgIpc) is 2.67. The zero-order chi connectivity index (χ0) is 19.8. The van der Waals surface area contributed by atoms with Gasteiger partial charge in [0.05, 0.1) is 0 Å². The molecule has 3 amide bonds. The number of carboxylic acid groups (broad SMARTS) is 1. The van der Waals surface area contributed by atoms with E-state index in [9.17, 15) is 19.5 Å². The van der Waals surface area contributed by atoms with Crippen molar-refractivity contribution in [2.75, 3.05) is 20.1 Å². The molecule has 1 fully saturated rings. The highest BCUT2D eigenvalue weighted by Gasteiger charge is 2.30. The van der Waals surface area contributed by atoms with Crippen LogP contribution in [-0.4, -0.2) is 59.0 Å². The molecule has 0 aliphatic carbocycles. The average molecular weight is 375 g/mol. The van der Waals surface area contributed by atoms with E-state index in [1.165, 1.54) is 0 Å². The summed E-state index contributed by atoms with van der Waals surface area (Å²) in [5, 5.41) is 11.8. The van der Waals surface area contributed by atoms with E-state index in [-0.39, 0.29) is 17.9 Å². The summed E-state index contributed by atoms with van der Waals surface area (Å²) in [5.74, 6) is -1.46. The third-order valence-electron chi connectivity index (χ3n) is 4.92. The molecule has 148 valence electrons. The summed E-state index contributed by atoms with van der Waals surface area (Å²) < 4.78 is 0. The molecule has 1 aromatic carbocycles. The number of nitrogens with one attached hydrogen (secondary N) is 1. The van der Waals surface area contributed by atoms with Gasteiger partial charge in [0.2, 0.25) is 5.91 Å². The Kier molecular flexibility index (Phi) is 7.64. The largest absolute Gasteiger partial charge is 0.480 e. The molecular weight excluding hydrogens is 346 g/mol. The van der Waals surface area contributed by atoms with Crippen molar-refractivity contribution in [1.29, 1.82) is 0 Å². The maximum atomic E-state index is 12.6. The van der Waals surface area contributed by atoms with Crippen molar-refractivity contribution in [3.63, 3.8) is 0 Å². The molecule has 1 atom stereocenters.